The molecule has 4 heterocycles. The van der Waals surface area contributed by atoms with Crippen molar-refractivity contribution in [3.8, 4) is 0 Å². The minimum absolute atomic E-state index is 0.110. The topological polar surface area (TPSA) is 116 Å². The van der Waals surface area contributed by atoms with E-state index in [0.29, 0.717) is 30.5 Å². The number of likely N-dealkylation sites (N-methyl/N-ethyl adjacent to an activating group) is 1. The van der Waals surface area contributed by atoms with Crippen LogP contribution in [0.4, 0.5) is 21.0 Å². The van der Waals surface area contributed by atoms with Gasteiger partial charge in [0.1, 0.15) is 11.3 Å². The molecule has 4 rings (SSSR count). The molecule has 3 N–H and O–H groups in total. The van der Waals surface area contributed by atoms with Crippen molar-refractivity contribution in [1.29, 1.82) is 0 Å². The molecule has 2 aliphatic rings. The highest BCUT2D eigenvalue weighted by atomic mass is 32.2. The largest absolute Gasteiger partial charge is 0.444 e. The molecule has 0 radical (unpaired) electrons. The summed E-state index contributed by atoms with van der Waals surface area (Å²) in [7, 11) is 0. The van der Waals surface area contributed by atoms with Crippen LogP contribution < -0.4 is 16.0 Å². The number of aromatic nitrogens is 1. The van der Waals surface area contributed by atoms with Crippen molar-refractivity contribution in [2.45, 2.75) is 65.1 Å². The van der Waals surface area contributed by atoms with Gasteiger partial charge in [-0.05, 0) is 70.2 Å². The second-order valence-corrected chi connectivity index (χ2v) is 12.6. The first-order chi connectivity index (χ1) is 19.1. The quantitative estimate of drug-likeness (QED) is 0.344. The maximum absolute atomic E-state index is 13.2. The molecule has 0 spiro atoms. The third-order valence-corrected chi connectivity index (χ3v) is 8.22. The van der Waals surface area contributed by atoms with Gasteiger partial charge in [0.2, 0.25) is 0 Å². The Labute approximate surface area is 243 Å². The number of likely N-dealkylation sites (tertiary alicyclic amines) is 1. The van der Waals surface area contributed by atoms with Gasteiger partial charge in [-0.2, -0.15) is 0 Å². The van der Waals surface area contributed by atoms with Crippen LogP contribution in [0.2, 0.25) is 0 Å². The monoisotopic (exact) mass is 586 g/mol. The number of nitrogens with one attached hydrogen (secondary N) is 3. The molecule has 216 valence electrons. The Morgan fingerprint density at radius 1 is 1.15 bits per heavy atom. The van der Waals surface area contributed by atoms with Crippen LogP contribution in [0.1, 0.15) is 63.0 Å². The summed E-state index contributed by atoms with van der Waals surface area (Å²) in [4.78, 5) is 47.0. The zero-order valence-electron chi connectivity index (χ0n) is 23.5. The standard InChI is InChI=1S/C28H38N6O4S2/c1-5-33-11-6-7-21(33)15-34(26(36)30-20-10-12-39-16-20)14-19-8-9-22(29-13-19)25(35)31-23-17-40-18-24(23)32-27(37)38-28(2,3)4/h8-9,13,16-18,21H,5-7,10-12,14-15H2,1-4H3,(H,30,36)(H,31,35)(H,32,37). The number of ether oxygens (including phenoxy) is 1. The molecule has 1 saturated heterocycles. The number of allylic oxidation sites excluding steroid dienone is 1. The summed E-state index contributed by atoms with van der Waals surface area (Å²) in [5.74, 6) is 0.584. The predicted octanol–water partition coefficient (Wildman–Crippen LogP) is 5.72. The first kappa shape index (κ1) is 29.9. The fraction of sp³-hybridized carbons (Fsp3) is 0.500. The van der Waals surface area contributed by atoms with E-state index in [9.17, 15) is 14.4 Å². The average molecular weight is 587 g/mol. The second kappa shape index (κ2) is 13.5. The predicted molar refractivity (Wildman–Crippen MR) is 161 cm³/mol. The number of nitrogens with zero attached hydrogens (tertiary/aromatic N) is 3. The number of thiophene rings is 1. The maximum Gasteiger partial charge on any atom is 0.412 e. The van der Waals surface area contributed by atoms with E-state index in [0.717, 1.165) is 49.4 Å². The number of rotatable bonds is 9. The summed E-state index contributed by atoms with van der Waals surface area (Å²) >= 11 is 3.05. The van der Waals surface area contributed by atoms with Crippen molar-refractivity contribution < 1.29 is 19.1 Å². The van der Waals surface area contributed by atoms with Crippen molar-refractivity contribution in [2.24, 2.45) is 0 Å². The van der Waals surface area contributed by atoms with Gasteiger partial charge in [0, 0.05) is 47.5 Å². The number of urea groups is 1. The van der Waals surface area contributed by atoms with Gasteiger partial charge in [-0.3, -0.25) is 20.0 Å². The molecule has 10 nitrogen and oxygen atoms in total. The lowest BCUT2D eigenvalue weighted by Gasteiger charge is -2.30. The van der Waals surface area contributed by atoms with E-state index in [1.165, 1.54) is 11.3 Å². The molecule has 40 heavy (non-hydrogen) atoms. The number of thioether (sulfide) groups is 1. The highest BCUT2D eigenvalue weighted by Gasteiger charge is 2.28. The van der Waals surface area contributed by atoms with Crippen molar-refractivity contribution in [3.63, 3.8) is 0 Å². The molecule has 2 aliphatic heterocycles. The smallest absolute Gasteiger partial charge is 0.412 e. The third-order valence-electron chi connectivity index (χ3n) is 6.58. The van der Waals surface area contributed by atoms with Gasteiger partial charge in [-0.25, -0.2) is 9.59 Å². The molecule has 2 aromatic heterocycles. The Balaban J connectivity index is 1.39. The molecule has 4 amide bonds. The van der Waals surface area contributed by atoms with Crippen LogP contribution in [0.25, 0.3) is 0 Å². The van der Waals surface area contributed by atoms with E-state index >= 15 is 0 Å². The van der Waals surface area contributed by atoms with E-state index in [-0.39, 0.29) is 11.7 Å². The zero-order valence-corrected chi connectivity index (χ0v) is 25.1. The molecule has 0 saturated carbocycles. The average Bonchev–Trinajstić information content (AvgIpc) is 3.66. The summed E-state index contributed by atoms with van der Waals surface area (Å²) in [6.45, 7) is 10.6. The maximum atomic E-state index is 13.2. The Kier molecular flexibility index (Phi) is 10.1. The van der Waals surface area contributed by atoms with Crippen molar-refractivity contribution >= 4 is 52.5 Å². The van der Waals surface area contributed by atoms with E-state index in [4.69, 9.17) is 4.74 Å². The summed E-state index contributed by atoms with van der Waals surface area (Å²) in [5, 5.41) is 14.0. The number of amides is 4. The lowest BCUT2D eigenvalue weighted by Crippen LogP contribution is -2.46. The van der Waals surface area contributed by atoms with Crippen LogP contribution in [-0.2, 0) is 11.3 Å². The number of hydrogen-bond donors (Lipinski definition) is 3. The molecule has 0 aliphatic carbocycles. The highest BCUT2D eigenvalue weighted by molar-refractivity contribution is 8.02. The molecular formula is C28H38N6O4S2. The molecule has 12 heteroatoms. The van der Waals surface area contributed by atoms with Gasteiger partial charge in [0.15, 0.2) is 0 Å². The lowest BCUT2D eigenvalue weighted by atomic mass is 10.2. The number of hydrogen-bond acceptors (Lipinski definition) is 8. The summed E-state index contributed by atoms with van der Waals surface area (Å²) in [5.41, 5.74) is 2.31. The van der Waals surface area contributed by atoms with Crippen molar-refractivity contribution in [3.05, 3.63) is 51.5 Å². The minimum Gasteiger partial charge on any atom is -0.444 e. The second-order valence-electron chi connectivity index (χ2n) is 10.8. The van der Waals surface area contributed by atoms with Gasteiger partial charge in [0.05, 0.1) is 11.4 Å². The number of carbonyl (C=O) groups is 3. The Hall–Kier alpha value is -3.09. The summed E-state index contributed by atoms with van der Waals surface area (Å²) < 4.78 is 5.30. The normalized spacial score (nSPS) is 17.3. The van der Waals surface area contributed by atoms with E-state index in [1.807, 2.05) is 16.4 Å². The van der Waals surface area contributed by atoms with Gasteiger partial charge >= 0.3 is 12.1 Å². The molecule has 1 atom stereocenters. The highest BCUT2D eigenvalue weighted by Crippen LogP contribution is 2.28. The van der Waals surface area contributed by atoms with E-state index in [1.54, 1.807) is 55.6 Å². The van der Waals surface area contributed by atoms with Gasteiger partial charge in [-0.1, -0.05) is 13.0 Å². The van der Waals surface area contributed by atoms with E-state index < -0.39 is 17.6 Å². The van der Waals surface area contributed by atoms with Crippen LogP contribution in [0.15, 0.2) is 40.2 Å². The molecule has 1 fully saturated rings. The van der Waals surface area contributed by atoms with Crippen LogP contribution in [0.5, 0.6) is 0 Å². The first-order valence-electron chi connectivity index (χ1n) is 13.5. The molecule has 0 bridgehead atoms. The first-order valence-corrected chi connectivity index (χ1v) is 15.5. The minimum atomic E-state index is -0.634. The van der Waals surface area contributed by atoms with Crippen LogP contribution in [0.3, 0.4) is 0 Å². The number of carbonyl (C=O) groups excluding carboxylic acids is 3. The molecule has 1 unspecified atom stereocenters. The van der Waals surface area contributed by atoms with Crippen LogP contribution in [0, 0.1) is 0 Å². The lowest BCUT2D eigenvalue weighted by molar-refractivity contribution is 0.0635. The number of pyridine rings is 1. The molecule has 2 aromatic rings. The van der Waals surface area contributed by atoms with E-state index in [2.05, 4.69) is 32.8 Å². The fourth-order valence-electron chi connectivity index (χ4n) is 4.65. The SMILES string of the molecule is CCN1CCCC1CN(Cc1ccc(C(=O)Nc2cscc2NC(=O)OC(C)(C)C)nc1)C(=O)NC1=CSCC1. The van der Waals surface area contributed by atoms with Gasteiger partial charge in [-0.15, -0.1) is 23.1 Å². The Morgan fingerprint density at radius 3 is 2.58 bits per heavy atom. The van der Waals surface area contributed by atoms with Gasteiger partial charge < -0.3 is 20.3 Å². The third kappa shape index (κ3) is 8.45. The summed E-state index contributed by atoms with van der Waals surface area (Å²) in [6, 6.07) is 3.70. The Morgan fingerprint density at radius 2 is 1.93 bits per heavy atom. The molecular weight excluding hydrogens is 548 g/mol. The van der Waals surface area contributed by atoms with Gasteiger partial charge in [0.25, 0.3) is 5.91 Å². The Bertz CT molecular complexity index is 1220. The molecule has 0 aromatic carbocycles. The van der Waals surface area contributed by atoms with Crippen molar-refractivity contribution in [1.82, 2.24) is 20.1 Å². The van der Waals surface area contributed by atoms with Crippen LogP contribution >= 0.6 is 23.1 Å². The summed E-state index contributed by atoms with van der Waals surface area (Å²) in [6.07, 6.45) is 4.11. The van der Waals surface area contributed by atoms with Crippen LogP contribution in [-0.4, -0.2) is 69.8 Å². The number of anilines is 2. The zero-order chi connectivity index (χ0) is 28.7. The fourth-order valence-corrected chi connectivity index (χ4v) is 6.20. The van der Waals surface area contributed by atoms with Crippen molar-refractivity contribution in [2.75, 3.05) is 36.0 Å².